The number of nitrogens with zero attached hydrogens (tertiary/aromatic N) is 1. The molecule has 0 aliphatic heterocycles. The Morgan fingerprint density at radius 2 is 2.00 bits per heavy atom. The largest absolute Gasteiger partial charge is 0.306 e. The van der Waals surface area contributed by atoms with Crippen molar-refractivity contribution in [1.29, 1.82) is 0 Å². The second-order valence-electron chi connectivity index (χ2n) is 4.73. The summed E-state index contributed by atoms with van der Waals surface area (Å²) in [6.07, 6.45) is 3.77. The molecule has 0 bridgehead atoms. The average Bonchev–Trinajstić information content (AvgIpc) is 2.40. The topological polar surface area (TPSA) is 24.9 Å². The third kappa shape index (κ3) is 3.14. The fourth-order valence-electron chi connectivity index (χ4n) is 2.24. The zero-order valence-corrected chi connectivity index (χ0v) is 12.3. The number of pyridine rings is 1. The van der Waals surface area contributed by atoms with Gasteiger partial charge in [0.05, 0.1) is 6.04 Å². The summed E-state index contributed by atoms with van der Waals surface area (Å²) in [7, 11) is 0. The summed E-state index contributed by atoms with van der Waals surface area (Å²) in [5, 5.41) is 4.33. The van der Waals surface area contributed by atoms with Gasteiger partial charge in [-0.1, -0.05) is 30.7 Å². The predicted molar refractivity (Wildman–Crippen MR) is 80.7 cm³/mol. The fraction of sp³-hybridized carbons (Fsp3) is 0.312. The van der Waals surface area contributed by atoms with Crippen LogP contribution >= 0.6 is 11.6 Å². The first-order valence-corrected chi connectivity index (χ1v) is 6.91. The summed E-state index contributed by atoms with van der Waals surface area (Å²) in [6.45, 7) is 7.16. The zero-order chi connectivity index (χ0) is 13.8. The molecule has 1 unspecified atom stereocenters. The van der Waals surface area contributed by atoms with Gasteiger partial charge >= 0.3 is 0 Å². The van der Waals surface area contributed by atoms with Crippen molar-refractivity contribution >= 4 is 11.6 Å². The van der Waals surface area contributed by atoms with Gasteiger partial charge in [0.1, 0.15) is 0 Å². The Balaban J connectivity index is 2.45. The lowest BCUT2D eigenvalue weighted by Gasteiger charge is -2.21. The number of aryl methyl sites for hydroxylation is 2. The summed E-state index contributed by atoms with van der Waals surface area (Å²) in [5.41, 5.74) is 4.78. The first kappa shape index (κ1) is 14.0. The minimum absolute atomic E-state index is 0.162. The molecular formula is C16H19ClN2. The molecule has 3 heteroatoms. The number of hydrogen-bond donors (Lipinski definition) is 1. The molecular weight excluding hydrogens is 256 g/mol. The van der Waals surface area contributed by atoms with Crippen molar-refractivity contribution in [2.45, 2.75) is 26.8 Å². The normalized spacial score (nSPS) is 12.4. The summed E-state index contributed by atoms with van der Waals surface area (Å²) in [6, 6.07) is 8.39. The van der Waals surface area contributed by atoms with E-state index in [0.717, 1.165) is 17.1 Å². The van der Waals surface area contributed by atoms with E-state index in [1.807, 2.05) is 31.5 Å². The summed E-state index contributed by atoms with van der Waals surface area (Å²) >= 11 is 6.11. The number of aromatic nitrogens is 1. The minimum Gasteiger partial charge on any atom is -0.306 e. The predicted octanol–water partition coefficient (Wildman–Crippen LogP) is 4.05. The summed E-state index contributed by atoms with van der Waals surface area (Å²) in [5.74, 6) is 0. The Hall–Kier alpha value is -1.38. The maximum Gasteiger partial charge on any atom is 0.0594 e. The van der Waals surface area contributed by atoms with Crippen LogP contribution in [0.15, 0.2) is 36.7 Å². The van der Waals surface area contributed by atoms with Crippen molar-refractivity contribution in [3.63, 3.8) is 0 Å². The average molecular weight is 275 g/mol. The molecule has 1 aromatic heterocycles. The van der Waals surface area contributed by atoms with E-state index in [1.165, 1.54) is 16.7 Å². The lowest BCUT2D eigenvalue weighted by Crippen LogP contribution is -2.23. The molecule has 0 aliphatic rings. The highest BCUT2D eigenvalue weighted by molar-refractivity contribution is 6.31. The van der Waals surface area contributed by atoms with Crippen molar-refractivity contribution < 1.29 is 0 Å². The van der Waals surface area contributed by atoms with Crippen LogP contribution in [-0.2, 0) is 0 Å². The Bertz CT molecular complexity index is 566. The second-order valence-corrected chi connectivity index (χ2v) is 5.14. The molecule has 0 amide bonds. The van der Waals surface area contributed by atoms with Crippen LogP contribution in [0, 0.1) is 13.8 Å². The number of benzene rings is 1. The molecule has 0 radical (unpaired) electrons. The molecule has 0 spiro atoms. The number of hydrogen-bond acceptors (Lipinski definition) is 2. The van der Waals surface area contributed by atoms with Gasteiger partial charge in [-0.25, -0.2) is 0 Å². The van der Waals surface area contributed by atoms with Crippen molar-refractivity contribution in [3.05, 3.63) is 63.9 Å². The highest BCUT2D eigenvalue weighted by Crippen LogP contribution is 2.27. The Labute approximate surface area is 119 Å². The first-order valence-electron chi connectivity index (χ1n) is 6.53. The van der Waals surface area contributed by atoms with Crippen LogP contribution in [-0.4, -0.2) is 11.5 Å². The third-order valence-electron chi connectivity index (χ3n) is 3.31. The van der Waals surface area contributed by atoms with Gasteiger partial charge in [0.15, 0.2) is 0 Å². The van der Waals surface area contributed by atoms with Crippen molar-refractivity contribution in [2.75, 3.05) is 6.54 Å². The van der Waals surface area contributed by atoms with E-state index in [2.05, 4.69) is 36.3 Å². The molecule has 1 atom stereocenters. The van der Waals surface area contributed by atoms with E-state index < -0.39 is 0 Å². The van der Waals surface area contributed by atoms with Crippen LogP contribution < -0.4 is 5.32 Å². The summed E-state index contributed by atoms with van der Waals surface area (Å²) in [4.78, 5) is 4.25. The van der Waals surface area contributed by atoms with Gasteiger partial charge in [0, 0.05) is 17.4 Å². The maximum absolute atomic E-state index is 6.11. The highest BCUT2D eigenvalue weighted by Gasteiger charge is 2.15. The van der Waals surface area contributed by atoms with Crippen LogP contribution in [0.25, 0.3) is 0 Å². The molecule has 0 saturated carbocycles. The molecule has 100 valence electrons. The molecule has 0 aliphatic carbocycles. The van der Waals surface area contributed by atoms with E-state index >= 15 is 0 Å². The Morgan fingerprint density at radius 3 is 2.63 bits per heavy atom. The SMILES string of the molecule is CCNC(c1ccc(Cl)c(C)c1)c1cnccc1C. The van der Waals surface area contributed by atoms with Crippen LogP contribution in [0.2, 0.25) is 5.02 Å². The lowest BCUT2D eigenvalue weighted by molar-refractivity contribution is 0.625. The first-order chi connectivity index (χ1) is 9.13. The van der Waals surface area contributed by atoms with Crippen LogP contribution in [0.3, 0.4) is 0 Å². The number of rotatable bonds is 4. The van der Waals surface area contributed by atoms with E-state index in [4.69, 9.17) is 11.6 Å². The quantitative estimate of drug-likeness (QED) is 0.910. The fourth-order valence-corrected chi connectivity index (χ4v) is 2.35. The van der Waals surface area contributed by atoms with Gasteiger partial charge in [0.25, 0.3) is 0 Å². The van der Waals surface area contributed by atoms with Crippen LogP contribution in [0.1, 0.15) is 35.2 Å². The van der Waals surface area contributed by atoms with Crippen molar-refractivity contribution in [1.82, 2.24) is 10.3 Å². The molecule has 2 aromatic rings. The van der Waals surface area contributed by atoms with E-state index in [9.17, 15) is 0 Å². The van der Waals surface area contributed by atoms with E-state index in [-0.39, 0.29) is 6.04 Å². The van der Waals surface area contributed by atoms with Crippen molar-refractivity contribution in [3.8, 4) is 0 Å². The molecule has 1 heterocycles. The Morgan fingerprint density at radius 1 is 1.21 bits per heavy atom. The standard InChI is InChI=1S/C16H19ClN2/c1-4-19-16(14-10-18-8-7-11(14)2)13-5-6-15(17)12(3)9-13/h5-10,16,19H,4H2,1-3H3. The van der Waals surface area contributed by atoms with Gasteiger partial charge in [-0.3, -0.25) is 4.98 Å². The highest BCUT2D eigenvalue weighted by atomic mass is 35.5. The van der Waals surface area contributed by atoms with Gasteiger partial charge in [-0.2, -0.15) is 0 Å². The zero-order valence-electron chi connectivity index (χ0n) is 11.6. The smallest absolute Gasteiger partial charge is 0.0594 e. The maximum atomic E-state index is 6.11. The molecule has 1 N–H and O–H groups in total. The van der Waals surface area contributed by atoms with Crippen LogP contribution in [0.4, 0.5) is 0 Å². The molecule has 19 heavy (non-hydrogen) atoms. The molecule has 0 fully saturated rings. The molecule has 2 rings (SSSR count). The second kappa shape index (κ2) is 6.18. The molecule has 2 nitrogen and oxygen atoms in total. The van der Waals surface area contributed by atoms with Gasteiger partial charge in [-0.05, 0) is 54.8 Å². The van der Waals surface area contributed by atoms with Gasteiger partial charge in [0.2, 0.25) is 0 Å². The van der Waals surface area contributed by atoms with Crippen molar-refractivity contribution in [2.24, 2.45) is 0 Å². The lowest BCUT2D eigenvalue weighted by atomic mass is 9.95. The summed E-state index contributed by atoms with van der Waals surface area (Å²) < 4.78 is 0. The third-order valence-corrected chi connectivity index (χ3v) is 3.74. The molecule has 1 aromatic carbocycles. The van der Waals surface area contributed by atoms with Gasteiger partial charge in [-0.15, -0.1) is 0 Å². The Kier molecular flexibility index (Phi) is 4.56. The van der Waals surface area contributed by atoms with Gasteiger partial charge < -0.3 is 5.32 Å². The monoisotopic (exact) mass is 274 g/mol. The minimum atomic E-state index is 0.162. The van der Waals surface area contributed by atoms with E-state index in [0.29, 0.717) is 0 Å². The van der Waals surface area contributed by atoms with E-state index in [1.54, 1.807) is 0 Å². The van der Waals surface area contributed by atoms with Crippen LogP contribution in [0.5, 0.6) is 0 Å². The number of halogens is 1. The molecule has 0 saturated heterocycles. The number of nitrogens with one attached hydrogen (secondary N) is 1.